The van der Waals surface area contributed by atoms with Crippen molar-refractivity contribution >= 4 is 9.84 Å². The summed E-state index contributed by atoms with van der Waals surface area (Å²) in [6, 6.07) is 1.53. The molecule has 0 bridgehead atoms. The van der Waals surface area contributed by atoms with Gasteiger partial charge in [0.25, 0.3) is 0 Å². The van der Waals surface area contributed by atoms with Crippen molar-refractivity contribution in [1.29, 1.82) is 0 Å². The van der Waals surface area contributed by atoms with E-state index in [1.165, 1.54) is 25.4 Å². The fourth-order valence-electron chi connectivity index (χ4n) is 1.42. The highest BCUT2D eigenvalue weighted by atomic mass is 32.2. The van der Waals surface area contributed by atoms with Gasteiger partial charge in [-0.05, 0) is 13.0 Å². The Morgan fingerprint density at radius 1 is 1.16 bits per heavy atom. The van der Waals surface area contributed by atoms with Gasteiger partial charge in [0, 0.05) is 18.8 Å². The van der Waals surface area contributed by atoms with E-state index in [0.29, 0.717) is 0 Å². The zero-order valence-electron chi connectivity index (χ0n) is 10.1. The van der Waals surface area contributed by atoms with Gasteiger partial charge >= 0.3 is 0 Å². The number of hydrogen-bond acceptors (Lipinski definition) is 6. The molecule has 2 aromatic rings. The molecule has 0 aliphatic heterocycles. The van der Waals surface area contributed by atoms with Crippen LogP contribution in [-0.2, 0) is 16.3 Å². The number of hydrogen-bond donors (Lipinski definition) is 0. The molecule has 2 heterocycles. The van der Waals surface area contributed by atoms with E-state index in [0.717, 1.165) is 12.4 Å². The zero-order chi connectivity index (χ0) is 13.9. The van der Waals surface area contributed by atoms with Crippen LogP contribution in [0.3, 0.4) is 0 Å². The number of nitrogens with zero attached hydrogens (tertiary/aromatic N) is 4. The first-order valence-corrected chi connectivity index (χ1v) is 7.02. The second kappa shape index (κ2) is 5.35. The molecule has 100 valence electrons. The molecule has 0 saturated heterocycles. The standard InChI is InChI=1S/C11H11FN4O2S/c1-8(5-10-15-6-9(12)7-16-10)19(17,18)11-13-3-2-4-14-11/h2-4,6-8H,5H2,1H3/t8-/m1/s1. The van der Waals surface area contributed by atoms with Crippen LogP contribution >= 0.6 is 0 Å². The summed E-state index contributed by atoms with van der Waals surface area (Å²) in [5, 5.41) is -1.02. The summed E-state index contributed by atoms with van der Waals surface area (Å²) in [6.45, 7) is 1.51. The van der Waals surface area contributed by atoms with Crippen molar-refractivity contribution in [3.8, 4) is 0 Å². The molecule has 0 spiro atoms. The summed E-state index contributed by atoms with van der Waals surface area (Å²) >= 11 is 0. The highest BCUT2D eigenvalue weighted by Gasteiger charge is 2.26. The first kappa shape index (κ1) is 13.5. The minimum Gasteiger partial charge on any atom is -0.238 e. The SMILES string of the molecule is C[C@H](Cc1ncc(F)cn1)S(=O)(=O)c1ncccn1. The average Bonchev–Trinajstić information content (AvgIpc) is 2.42. The van der Waals surface area contributed by atoms with Crippen LogP contribution in [0.15, 0.2) is 36.0 Å². The normalized spacial score (nSPS) is 13.2. The Morgan fingerprint density at radius 2 is 1.74 bits per heavy atom. The summed E-state index contributed by atoms with van der Waals surface area (Å²) in [7, 11) is -3.64. The summed E-state index contributed by atoms with van der Waals surface area (Å²) in [6.07, 6.45) is 4.80. The molecular weight excluding hydrogens is 271 g/mol. The van der Waals surface area contributed by atoms with Crippen LogP contribution in [0.1, 0.15) is 12.7 Å². The van der Waals surface area contributed by atoms with E-state index < -0.39 is 20.9 Å². The lowest BCUT2D eigenvalue weighted by Gasteiger charge is -2.10. The van der Waals surface area contributed by atoms with E-state index in [-0.39, 0.29) is 17.4 Å². The number of rotatable bonds is 4. The minimum atomic E-state index is -3.64. The molecule has 0 aromatic carbocycles. The quantitative estimate of drug-likeness (QED) is 0.771. The number of sulfone groups is 1. The molecule has 8 heteroatoms. The Labute approximate surface area is 109 Å². The molecule has 1 atom stereocenters. The van der Waals surface area contributed by atoms with Crippen LogP contribution in [0.5, 0.6) is 0 Å². The third-order valence-electron chi connectivity index (χ3n) is 2.47. The molecule has 0 N–H and O–H groups in total. The van der Waals surface area contributed by atoms with Crippen molar-refractivity contribution in [1.82, 2.24) is 19.9 Å². The fraction of sp³-hybridized carbons (Fsp3) is 0.273. The van der Waals surface area contributed by atoms with Crippen molar-refractivity contribution < 1.29 is 12.8 Å². The van der Waals surface area contributed by atoms with Crippen LogP contribution in [0.25, 0.3) is 0 Å². The molecule has 19 heavy (non-hydrogen) atoms. The van der Waals surface area contributed by atoms with Crippen LogP contribution in [0, 0.1) is 5.82 Å². The molecule has 0 unspecified atom stereocenters. The van der Waals surface area contributed by atoms with E-state index in [1.54, 1.807) is 0 Å². The third kappa shape index (κ3) is 3.08. The predicted molar refractivity (Wildman–Crippen MR) is 64.4 cm³/mol. The van der Waals surface area contributed by atoms with Gasteiger partial charge in [0.05, 0.1) is 17.6 Å². The van der Waals surface area contributed by atoms with Gasteiger partial charge in [-0.2, -0.15) is 0 Å². The van der Waals surface area contributed by atoms with Crippen molar-refractivity contribution in [2.75, 3.05) is 0 Å². The van der Waals surface area contributed by atoms with Crippen molar-refractivity contribution in [2.45, 2.75) is 23.8 Å². The van der Waals surface area contributed by atoms with Crippen LogP contribution in [-0.4, -0.2) is 33.6 Å². The van der Waals surface area contributed by atoms with Gasteiger partial charge in [-0.25, -0.2) is 32.7 Å². The lowest BCUT2D eigenvalue weighted by molar-refractivity contribution is 0.569. The molecule has 6 nitrogen and oxygen atoms in total. The molecular formula is C11H11FN4O2S. The largest absolute Gasteiger partial charge is 0.247 e. The first-order valence-electron chi connectivity index (χ1n) is 5.47. The van der Waals surface area contributed by atoms with Gasteiger partial charge in [-0.15, -0.1) is 0 Å². The summed E-state index contributed by atoms with van der Waals surface area (Å²) in [4.78, 5) is 14.9. The minimum absolute atomic E-state index is 0.0703. The highest BCUT2D eigenvalue weighted by molar-refractivity contribution is 7.91. The van der Waals surface area contributed by atoms with Gasteiger partial charge in [-0.3, -0.25) is 0 Å². The third-order valence-corrected chi connectivity index (χ3v) is 4.42. The maximum absolute atomic E-state index is 12.7. The van der Waals surface area contributed by atoms with E-state index in [1.807, 2.05) is 0 Å². The Bertz CT molecular complexity index is 646. The maximum Gasteiger partial charge on any atom is 0.247 e. The number of aromatic nitrogens is 4. The summed E-state index contributed by atoms with van der Waals surface area (Å²) in [5.41, 5.74) is 0. The molecule has 2 rings (SSSR count). The van der Waals surface area contributed by atoms with Crippen LogP contribution in [0.4, 0.5) is 4.39 Å². The summed E-state index contributed by atoms with van der Waals surface area (Å²) < 4.78 is 37.0. The van der Waals surface area contributed by atoms with E-state index in [2.05, 4.69) is 19.9 Å². The Kier molecular flexibility index (Phi) is 3.79. The molecule has 0 fully saturated rings. The fourth-order valence-corrected chi connectivity index (χ4v) is 2.57. The van der Waals surface area contributed by atoms with Gasteiger partial charge in [0.2, 0.25) is 15.0 Å². The second-order valence-corrected chi connectivity index (χ2v) is 6.17. The zero-order valence-corrected chi connectivity index (χ0v) is 10.9. The Morgan fingerprint density at radius 3 is 2.32 bits per heavy atom. The smallest absolute Gasteiger partial charge is 0.238 e. The molecule has 0 aliphatic rings. The maximum atomic E-state index is 12.7. The van der Waals surface area contributed by atoms with Crippen LogP contribution in [0.2, 0.25) is 0 Å². The van der Waals surface area contributed by atoms with Crippen molar-refractivity contribution in [2.24, 2.45) is 0 Å². The van der Waals surface area contributed by atoms with E-state index in [4.69, 9.17) is 0 Å². The average molecular weight is 282 g/mol. The number of halogens is 1. The van der Waals surface area contributed by atoms with E-state index >= 15 is 0 Å². The first-order chi connectivity index (χ1) is 9.00. The summed E-state index contributed by atoms with van der Waals surface area (Å²) in [5.74, 6) is -0.306. The van der Waals surface area contributed by atoms with Gasteiger partial charge in [0.15, 0.2) is 5.82 Å². The Balaban J connectivity index is 2.20. The molecule has 0 amide bonds. The van der Waals surface area contributed by atoms with Crippen LogP contribution < -0.4 is 0 Å². The lowest BCUT2D eigenvalue weighted by atomic mass is 10.3. The molecule has 2 aromatic heterocycles. The monoisotopic (exact) mass is 282 g/mol. The van der Waals surface area contributed by atoms with Gasteiger partial charge < -0.3 is 0 Å². The molecule has 0 radical (unpaired) electrons. The van der Waals surface area contributed by atoms with Crippen molar-refractivity contribution in [3.05, 3.63) is 42.5 Å². The van der Waals surface area contributed by atoms with Gasteiger partial charge in [-0.1, -0.05) is 0 Å². The molecule has 0 aliphatic carbocycles. The topological polar surface area (TPSA) is 85.7 Å². The second-order valence-electron chi connectivity index (χ2n) is 3.91. The molecule has 0 saturated carbocycles. The lowest BCUT2D eigenvalue weighted by Crippen LogP contribution is -2.23. The van der Waals surface area contributed by atoms with E-state index in [9.17, 15) is 12.8 Å². The van der Waals surface area contributed by atoms with Gasteiger partial charge in [0.1, 0.15) is 5.82 Å². The predicted octanol–water partition coefficient (Wildman–Crippen LogP) is 0.811. The van der Waals surface area contributed by atoms with Crippen molar-refractivity contribution in [3.63, 3.8) is 0 Å². The Hall–Kier alpha value is -1.96. The highest BCUT2D eigenvalue weighted by Crippen LogP contribution is 2.13.